The van der Waals surface area contributed by atoms with Gasteiger partial charge < -0.3 is 42.6 Å². The first-order valence-electron chi connectivity index (χ1n) is 24.3. The molecule has 75 heavy (non-hydrogen) atoms. The normalized spacial score (nSPS) is 15.7. The number of hydrogen-bond donors (Lipinski definition) is 0. The molecule has 13 nitrogen and oxygen atoms in total. The molecule has 1 heterocycles. The van der Waals surface area contributed by atoms with Crippen LogP contribution in [0.15, 0.2) is 218 Å². The van der Waals surface area contributed by atoms with Crippen molar-refractivity contribution in [3.05, 3.63) is 263 Å². The second-order valence-electron chi connectivity index (χ2n) is 17.3. The van der Waals surface area contributed by atoms with Crippen LogP contribution in [-0.2, 0) is 50.1 Å². The van der Waals surface area contributed by atoms with Crippen molar-refractivity contribution in [3.8, 4) is 23.0 Å². The minimum absolute atomic E-state index is 0.148. The molecule has 0 N–H and O–H groups in total. The Labute approximate surface area is 434 Å². The molecule has 0 radical (unpaired) electrons. The molecule has 8 aromatic carbocycles. The van der Waals surface area contributed by atoms with E-state index >= 15 is 0 Å². The highest BCUT2D eigenvalue weighted by atomic mass is 16.7. The Morgan fingerprint density at radius 1 is 0.307 bits per heavy atom. The maximum atomic E-state index is 14.1. The summed E-state index contributed by atoms with van der Waals surface area (Å²) in [6.45, 7) is 0.393. The van der Waals surface area contributed by atoms with Gasteiger partial charge in [-0.15, -0.1) is 0 Å². The van der Waals surface area contributed by atoms with Crippen LogP contribution in [0.3, 0.4) is 0 Å². The van der Waals surface area contributed by atoms with E-state index in [1.165, 1.54) is 0 Å². The van der Waals surface area contributed by atoms with E-state index in [9.17, 15) is 19.2 Å². The fourth-order valence-electron chi connectivity index (χ4n) is 7.93. The van der Waals surface area contributed by atoms with E-state index in [0.717, 1.165) is 22.3 Å². The molecule has 1 saturated heterocycles. The second-order valence-corrected chi connectivity index (χ2v) is 17.3. The minimum Gasteiger partial charge on any atom is -0.489 e. The lowest BCUT2D eigenvalue weighted by molar-refractivity contribution is -0.0549. The molecular formula is C62H52O13. The van der Waals surface area contributed by atoms with Crippen LogP contribution in [-0.4, -0.2) is 61.5 Å². The SMILES string of the molecule is O=C(OC[C@H]1O[C@H](COC(=O)c2ccc(OCc3ccccc3)cc2)[C@@H](OC(=O)c2ccc(OCc3ccccc3)cc2)[C@@H]1OC(=O)c1ccc(OCc2ccccc2)cc1)c1ccc(OCc2ccccc2)cc1. The molecule has 0 unspecified atom stereocenters. The third-order valence-corrected chi connectivity index (χ3v) is 12.0. The molecule has 8 aromatic rings. The zero-order valence-corrected chi connectivity index (χ0v) is 40.6. The number of ether oxygens (including phenoxy) is 9. The quantitative estimate of drug-likeness (QED) is 0.0468. The van der Waals surface area contributed by atoms with E-state index in [1.54, 1.807) is 97.1 Å². The predicted molar refractivity (Wildman–Crippen MR) is 276 cm³/mol. The maximum absolute atomic E-state index is 14.1. The summed E-state index contributed by atoms with van der Waals surface area (Å²) >= 11 is 0. The van der Waals surface area contributed by atoms with Gasteiger partial charge in [-0.25, -0.2) is 19.2 Å². The molecule has 0 saturated carbocycles. The van der Waals surface area contributed by atoms with E-state index < -0.39 is 61.5 Å². The van der Waals surface area contributed by atoms with Crippen LogP contribution in [0.25, 0.3) is 0 Å². The molecule has 4 atom stereocenters. The summed E-state index contributed by atoms with van der Waals surface area (Å²) < 4.78 is 54.0. The molecule has 9 rings (SSSR count). The standard InChI is InChI=1S/C62H52O13/c63-59(47-21-29-51(30-22-47)67-37-43-13-5-1-6-14-43)71-41-55-57(74-61(65)49-25-33-53(34-26-49)69-39-45-17-9-3-10-18-45)58(75-62(66)50-27-35-54(36-28-50)70-40-46-19-11-4-12-20-46)56(73-55)42-72-60(64)48-23-31-52(32-24-48)68-38-44-15-7-2-8-16-44/h1-36,55-58H,37-42H2/t55-,56-,57-,58-/m1/s1. The van der Waals surface area contributed by atoms with Crippen LogP contribution in [0.5, 0.6) is 23.0 Å². The monoisotopic (exact) mass is 1000 g/mol. The van der Waals surface area contributed by atoms with Crippen molar-refractivity contribution in [1.29, 1.82) is 0 Å². The summed E-state index contributed by atoms with van der Waals surface area (Å²) in [7, 11) is 0. The van der Waals surface area contributed by atoms with Crippen molar-refractivity contribution >= 4 is 23.9 Å². The summed E-state index contributed by atoms with van der Waals surface area (Å²) in [5.74, 6) is -0.902. The van der Waals surface area contributed by atoms with Crippen molar-refractivity contribution in [2.24, 2.45) is 0 Å². The van der Waals surface area contributed by atoms with Crippen LogP contribution in [0.1, 0.15) is 63.7 Å². The molecule has 0 bridgehead atoms. The lowest BCUT2D eigenvalue weighted by Crippen LogP contribution is -2.43. The molecule has 0 amide bonds. The Morgan fingerprint density at radius 3 is 0.800 bits per heavy atom. The van der Waals surface area contributed by atoms with Crippen molar-refractivity contribution in [1.82, 2.24) is 0 Å². The van der Waals surface area contributed by atoms with Gasteiger partial charge in [0.1, 0.15) is 74.8 Å². The third-order valence-electron chi connectivity index (χ3n) is 12.0. The average Bonchev–Trinajstić information content (AvgIpc) is 3.79. The Bertz CT molecular complexity index is 2870. The van der Waals surface area contributed by atoms with E-state index in [-0.39, 0.29) is 22.3 Å². The van der Waals surface area contributed by atoms with Gasteiger partial charge in [0.15, 0.2) is 12.2 Å². The summed E-state index contributed by atoms with van der Waals surface area (Å²) in [4.78, 5) is 55.4. The minimum atomic E-state index is -1.38. The van der Waals surface area contributed by atoms with Gasteiger partial charge in [0.25, 0.3) is 0 Å². The first kappa shape index (κ1) is 50.7. The zero-order chi connectivity index (χ0) is 51.6. The highest BCUT2D eigenvalue weighted by molar-refractivity contribution is 5.91. The van der Waals surface area contributed by atoms with Gasteiger partial charge in [0, 0.05) is 0 Å². The summed E-state index contributed by atoms with van der Waals surface area (Å²) in [6, 6.07) is 64.2. The van der Waals surface area contributed by atoms with Gasteiger partial charge in [-0.05, 0) is 119 Å². The third kappa shape index (κ3) is 14.5. The van der Waals surface area contributed by atoms with E-state index in [4.69, 9.17) is 42.6 Å². The Hall–Kier alpha value is -9.20. The fraction of sp³-hybridized carbons (Fsp3) is 0.161. The molecule has 378 valence electrons. The number of hydrogen-bond acceptors (Lipinski definition) is 13. The van der Waals surface area contributed by atoms with E-state index in [2.05, 4.69) is 0 Å². The molecule has 1 fully saturated rings. The van der Waals surface area contributed by atoms with Crippen molar-refractivity contribution < 1.29 is 61.8 Å². The topological polar surface area (TPSA) is 151 Å². The predicted octanol–water partition coefficient (Wildman–Crippen LogP) is 11.2. The number of benzene rings is 8. The first-order chi connectivity index (χ1) is 36.8. The Kier molecular flexibility index (Phi) is 17.2. The first-order valence-corrected chi connectivity index (χ1v) is 24.3. The Balaban J connectivity index is 0.930. The molecule has 1 aliphatic heterocycles. The summed E-state index contributed by atoms with van der Waals surface area (Å²) in [5.41, 5.74) is 4.62. The maximum Gasteiger partial charge on any atom is 0.338 e. The van der Waals surface area contributed by atoms with Crippen LogP contribution < -0.4 is 18.9 Å². The van der Waals surface area contributed by atoms with Crippen LogP contribution in [0.2, 0.25) is 0 Å². The van der Waals surface area contributed by atoms with Gasteiger partial charge in [-0.1, -0.05) is 121 Å². The molecule has 0 aromatic heterocycles. The van der Waals surface area contributed by atoms with Crippen LogP contribution in [0.4, 0.5) is 0 Å². The molecule has 1 aliphatic rings. The Morgan fingerprint density at radius 2 is 0.547 bits per heavy atom. The number of carbonyl (C=O) groups is 4. The lowest BCUT2D eigenvalue weighted by Gasteiger charge is -2.24. The van der Waals surface area contributed by atoms with Gasteiger partial charge in [0.05, 0.1) is 22.3 Å². The molecule has 13 heteroatoms. The fourth-order valence-corrected chi connectivity index (χ4v) is 7.93. The average molecular weight is 1010 g/mol. The van der Waals surface area contributed by atoms with Crippen LogP contribution >= 0.6 is 0 Å². The number of rotatable bonds is 22. The summed E-state index contributed by atoms with van der Waals surface area (Å²) in [6.07, 6.45) is -5.18. The van der Waals surface area contributed by atoms with Crippen molar-refractivity contribution in [2.75, 3.05) is 13.2 Å². The summed E-state index contributed by atoms with van der Waals surface area (Å²) in [5, 5.41) is 0. The van der Waals surface area contributed by atoms with Crippen molar-refractivity contribution in [2.45, 2.75) is 50.8 Å². The van der Waals surface area contributed by atoms with Gasteiger partial charge >= 0.3 is 23.9 Å². The number of carbonyl (C=O) groups excluding carboxylic acids is 4. The molecular weight excluding hydrogens is 953 g/mol. The lowest BCUT2D eigenvalue weighted by atomic mass is 10.1. The van der Waals surface area contributed by atoms with Gasteiger partial charge in [0.2, 0.25) is 0 Å². The number of esters is 4. The van der Waals surface area contributed by atoms with Crippen molar-refractivity contribution in [3.63, 3.8) is 0 Å². The largest absolute Gasteiger partial charge is 0.489 e. The highest BCUT2D eigenvalue weighted by Crippen LogP contribution is 2.31. The smallest absolute Gasteiger partial charge is 0.338 e. The van der Waals surface area contributed by atoms with Crippen LogP contribution in [0, 0.1) is 0 Å². The second kappa shape index (κ2) is 25.5. The highest BCUT2D eigenvalue weighted by Gasteiger charge is 2.51. The molecule has 0 aliphatic carbocycles. The van der Waals surface area contributed by atoms with Gasteiger partial charge in [-0.3, -0.25) is 0 Å². The van der Waals surface area contributed by atoms with Gasteiger partial charge in [-0.2, -0.15) is 0 Å². The molecule has 0 spiro atoms. The zero-order valence-electron chi connectivity index (χ0n) is 40.6. The van der Waals surface area contributed by atoms with E-state index in [0.29, 0.717) is 49.4 Å². The van der Waals surface area contributed by atoms with E-state index in [1.807, 2.05) is 121 Å².